The van der Waals surface area contributed by atoms with E-state index in [1.165, 1.54) is 0 Å². The molecule has 0 spiro atoms. The van der Waals surface area contributed by atoms with E-state index in [1.807, 2.05) is 0 Å². The zero-order valence-electron chi connectivity index (χ0n) is 8.26. The van der Waals surface area contributed by atoms with Gasteiger partial charge in [-0.1, -0.05) is 18.2 Å². The van der Waals surface area contributed by atoms with Gasteiger partial charge in [0.2, 0.25) is 0 Å². The van der Waals surface area contributed by atoms with Gasteiger partial charge in [0.25, 0.3) is 0 Å². The van der Waals surface area contributed by atoms with Crippen LogP contribution in [-0.4, -0.2) is 10.7 Å². The highest BCUT2D eigenvalue weighted by molar-refractivity contribution is 5.25. The Labute approximate surface area is 78.2 Å². The van der Waals surface area contributed by atoms with Gasteiger partial charge >= 0.3 is 0 Å². The van der Waals surface area contributed by atoms with E-state index in [4.69, 9.17) is 0 Å². The predicted octanol–water partition coefficient (Wildman–Crippen LogP) is 2.45. The highest BCUT2D eigenvalue weighted by atomic mass is 19.1. The lowest BCUT2D eigenvalue weighted by Gasteiger charge is -2.17. The Morgan fingerprint density at radius 2 is 2.00 bits per heavy atom. The average Bonchev–Trinajstić information content (AvgIpc) is 1.96. The number of aryl methyl sites for hydroxylation is 1. The number of hydrogen-bond donors (Lipinski definition) is 1. The molecule has 0 bridgehead atoms. The summed E-state index contributed by atoms with van der Waals surface area (Å²) in [5.74, 6) is -0.204. The molecule has 0 aliphatic rings. The van der Waals surface area contributed by atoms with Gasteiger partial charge in [-0.05, 0) is 31.9 Å². The predicted molar refractivity (Wildman–Crippen MR) is 51.1 cm³/mol. The summed E-state index contributed by atoms with van der Waals surface area (Å²) in [5.41, 5.74) is 0.350. The molecule has 0 fully saturated rings. The first-order chi connectivity index (χ1) is 5.90. The molecule has 1 rings (SSSR count). The summed E-state index contributed by atoms with van der Waals surface area (Å²) in [7, 11) is 0. The van der Waals surface area contributed by atoms with E-state index in [-0.39, 0.29) is 5.82 Å². The highest BCUT2D eigenvalue weighted by Crippen LogP contribution is 2.17. The molecule has 13 heavy (non-hydrogen) atoms. The Kier molecular flexibility index (Phi) is 2.71. The van der Waals surface area contributed by atoms with Gasteiger partial charge in [0.15, 0.2) is 0 Å². The third-order valence-corrected chi connectivity index (χ3v) is 1.89. The van der Waals surface area contributed by atoms with Gasteiger partial charge < -0.3 is 5.11 Å². The standard InChI is InChI=1S/C11H15FO/c1-8-5-4-6-9(10(8)12)7-11(2,3)13/h4-6,13H,7H2,1-3H3. The van der Waals surface area contributed by atoms with Crippen molar-refractivity contribution in [3.8, 4) is 0 Å². The van der Waals surface area contributed by atoms with Crippen LogP contribution in [0.25, 0.3) is 0 Å². The lowest BCUT2D eigenvalue weighted by Crippen LogP contribution is -2.22. The number of benzene rings is 1. The van der Waals surface area contributed by atoms with Crippen molar-refractivity contribution < 1.29 is 9.50 Å². The molecular weight excluding hydrogens is 167 g/mol. The molecule has 1 aromatic rings. The second kappa shape index (κ2) is 3.46. The summed E-state index contributed by atoms with van der Waals surface area (Å²) in [4.78, 5) is 0. The van der Waals surface area contributed by atoms with Crippen molar-refractivity contribution in [3.05, 3.63) is 35.1 Å². The largest absolute Gasteiger partial charge is 0.390 e. The van der Waals surface area contributed by atoms with Crippen LogP contribution in [0, 0.1) is 12.7 Å². The van der Waals surface area contributed by atoms with Crippen molar-refractivity contribution in [2.75, 3.05) is 0 Å². The van der Waals surface area contributed by atoms with Gasteiger partial charge in [0.05, 0.1) is 5.60 Å². The maximum absolute atomic E-state index is 13.4. The van der Waals surface area contributed by atoms with E-state index in [0.29, 0.717) is 17.5 Å². The van der Waals surface area contributed by atoms with E-state index in [2.05, 4.69) is 0 Å². The first-order valence-corrected chi connectivity index (χ1v) is 4.36. The van der Waals surface area contributed by atoms with Gasteiger partial charge in [-0.3, -0.25) is 0 Å². The Morgan fingerprint density at radius 1 is 1.38 bits per heavy atom. The van der Waals surface area contributed by atoms with Crippen molar-refractivity contribution in [2.45, 2.75) is 32.8 Å². The number of hydrogen-bond acceptors (Lipinski definition) is 1. The fraction of sp³-hybridized carbons (Fsp3) is 0.455. The molecule has 1 nitrogen and oxygen atoms in total. The maximum Gasteiger partial charge on any atom is 0.129 e. The van der Waals surface area contributed by atoms with Gasteiger partial charge in [-0.25, -0.2) is 4.39 Å². The van der Waals surface area contributed by atoms with Gasteiger partial charge in [-0.15, -0.1) is 0 Å². The monoisotopic (exact) mass is 182 g/mol. The summed E-state index contributed by atoms with van der Waals surface area (Å²) in [6, 6.07) is 5.24. The molecule has 1 aromatic carbocycles. The summed E-state index contributed by atoms with van der Waals surface area (Å²) in [6.45, 7) is 5.08. The van der Waals surface area contributed by atoms with Crippen molar-refractivity contribution >= 4 is 0 Å². The zero-order valence-corrected chi connectivity index (χ0v) is 8.26. The SMILES string of the molecule is Cc1cccc(CC(C)(C)O)c1F. The van der Waals surface area contributed by atoms with Crippen molar-refractivity contribution in [1.29, 1.82) is 0 Å². The van der Waals surface area contributed by atoms with E-state index < -0.39 is 5.60 Å². The molecule has 0 aliphatic carbocycles. The van der Waals surface area contributed by atoms with Crippen LogP contribution in [0.15, 0.2) is 18.2 Å². The fourth-order valence-electron chi connectivity index (χ4n) is 1.31. The Hall–Kier alpha value is -0.890. The fourth-order valence-corrected chi connectivity index (χ4v) is 1.31. The minimum Gasteiger partial charge on any atom is -0.390 e. The third-order valence-electron chi connectivity index (χ3n) is 1.89. The number of halogens is 1. The quantitative estimate of drug-likeness (QED) is 0.744. The topological polar surface area (TPSA) is 20.2 Å². The molecular formula is C11H15FO. The van der Waals surface area contributed by atoms with Gasteiger partial charge in [0.1, 0.15) is 5.82 Å². The summed E-state index contributed by atoms with van der Waals surface area (Å²) < 4.78 is 13.4. The number of rotatable bonds is 2. The normalized spacial score (nSPS) is 11.8. The number of aliphatic hydroxyl groups is 1. The zero-order chi connectivity index (χ0) is 10.1. The smallest absolute Gasteiger partial charge is 0.129 e. The Morgan fingerprint density at radius 3 is 2.54 bits per heavy atom. The Bertz CT molecular complexity index is 299. The summed E-state index contributed by atoms with van der Waals surface area (Å²) in [6.07, 6.45) is 0.348. The van der Waals surface area contributed by atoms with E-state index in [1.54, 1.807) is 39.0 Å². The Balaban J connectivity index is 2.96. The van der Waals surface area contributed by atoms with Crippen LogP contribution in [0.2, 0.25) is 0 Å². The van der Waals surface area contributed by atoms with E-state index in [0.717, 1.165) is 0 Å². The molecule has 0 heterocycles. The van der Waals surface area contributed by atoms with Crippen molar-refractivity contribution in [1.82, 2.24) is 0 Å². The first-order valence-electron chi connectivity index (χ1n) is 4.36. The first kappa shape index (κ1) is 10.2. The van der Waals surface area contributed by atoms with Crippen LogP contribution in [0.1, 0.15) is 25.0 Å². The molecule has 0 radical (unpaired) electrons. The van der Waals surface area contributed by atoms with Gasteiger partial charge in [0, 0.05) is 6.42 Å². The highest BCUT2D eigenvalue weighted by Gasteiger charge is 2.16. The molecule has 72 valence electrons. The molecule has 0 saturated carbocycles. The van der Waals surface area contributed by atoms with Crippen LogP contribution in [0.3, 0.4) is 0 Å². The van der Waals surface area contributed by atoms with Crippen molar-refractivity contribution in [2.24, 2.45) is 0 Å². The second-order valence-electron chi connectivity index (χ2n) is 4.04. The molecule has 0 unspecified atom stereocenters. The van der Waals surface area contributed by atoms with Crippen LogP contribution in [0.4, 0.5) is 4.39 Å². The van der Waals surface area contributed by atoms with E-state index >= 15 is 0 Å². The van der Waals surface area contributed by atoms with Crippen LogP contribution in [-0.2, 0) is 6.42 Å². The molecule has 0 aliphatic heterocycles. The summed E-state index contributed by atoms with van der Waals surface area (Å²) >= 11 is 0. The molecule has 2 heteroatoms. The van der Waals surface area contributed by atoms with Crippen LogP contribution < -0.4 is 0 Å². The molecule has 1 N–H and O–H groups in total. The lowest BCUT2D eigenvalue weighted by molar-refractivity contribution is 0.0800. The average molecular weight is 182 g/mol. The third kappa shape index (κ3) is 2.81. The lowest BCUT2D eigenvalue weighted by atomic mass is 9.97. The molecule has 0 amide bonds. The minimum atomic E-state index is -0.853. The van der Waals surface area contributed by atoms with Crippen molar-refractivity contribution in [3.63, 3.8) is 0 Å². The second-order valence-corrected chi connectivity index (χ2v) is 4.04. The molecule has 0 saturated heterocycles. The summed E-state index contributed by atoms with van der Waals surface area (Å²) in [5, 5.41) is 9.52. The molecule has 0 atom stereocenters. The van der Waals surface area contributed by atoms with E-state index in [9.17, 15) is 9.50 Å². The van der Waals surface area contributed by atoms with Gasteiger partial charge in [-0.2, -0.15) is 0 Å². The minimum absolute atomic E-state index is 0.204. The molecule has 0 aromatic heterocycles. The van der Waals surface area contributed by atoms with Crippen LogP contribution >= 0.6 is 0 Å². The maximum atomic E-state index is 13.4. The van der Waals surface area contributed by atoms with Crippen LogP contribution in [0.5, 0.6) is 0 Å².